The minimum Gasteiger partial charge on any atom is -0.394 e. The number of carbonyl (C=O) groups excluding carboxylic acids is 1. The van der Waals surface area contributed by atoms with Crippen LogP contribution in [-0.2, 0) is 11.3 Å². The number of aliphatic hydroxyl groups excluding tert-OH is 1. The predicted molar refractivity (Wildman–Crippen MR) is 73.4 cm³/mol. The summed E-state index contributed by atoms with van der Waals surface area (Å²) < 4.78 is 1.21. The smallest absolute Gasteiger partial charge is 0.241 e. The maximum Gasteiger partial charge on any atom is 0.241 e. The van der Waals surface area contributed by atoms with Gasteiger partial charge in [-0.1, -0.05) is 18.2 Å². The average molecular weight is 264 g/mol. The molecular formula is C13H16N2O2S. The number of amides is 1. The molecule has 0 spiro atoms. The van der Waals surface area contributed by atoms with Crippen LogP contribution in [0, 0.1) is 0 Å². The van der Waals surface area contributed by atoms with E-state index in [1.165, 1.54) is 10.1 Å². The first kappa shape index (κ1) is 13.0. The maximum absolute atomic E-state index is 11.8. The fraction of sp³-hybridized carbons (Fsp3) is 0.308. The standard InChI is InChI=1S/C13H16N2O2S/c1-15(13(17)11(14)7-16)6-9-8-18-12-5-3-2-4-10(9)12/h2-5,8,11,16H,6-7,14H2,1H3. The second kappa shape index (κ2) is 5.48. The Labute approximate surface area is 110 Å². The summed E-state index contributed by atoms with van der Waals surface area (Å²) in [4.78, 5) is 13.3. The SMILES string of the molecule is CN(Cc1csc2ccccc12)C(=O)C(N)CO. The molecule has 1 atom stereocenters. The Bertz CT molecular complexity index is 553. The molecule has 1 heterocycles. The molecule has 0 bridgehead atoms. The highest BCUT2D eigenvalue weighted by Crippen LogP contribution is 2.26. The van der Waals surface area contributed by atoms with Crippen molar-refractivity contribution in [3.05, 3.63) is 35.2 Å². The number of nitrogens with zero attached hydrogens (tertiary/aromatic N) is 1. The summed E-state index contributed by atoms with van der Waals surface area (Å²) in [5, 5.41) is 12.1. The monoisotopic (exact) mass is 264 g/mol. The predicted octanol–water partition coefficient (Wildman–Crippen LogP) is 1.18. The number of fused-ring (bicyclic) bond motifs is 1. The highest BCUT2D eigenvalue weighted by Gasteiger charge is 2.18. The molecule has 18 heavy (non-hydrogen) atoms. The number of rotatable bonds is 4. The van der Waals surface area contributed by atoms with Crippen molar-refractivity contribution in [3.63, 3.8) is 0 Å². The number of hydrogen-bond acceptors (Lipinski definition) is 4. The number of thiophene rings is 1. The van der Waals surface area contributed by atoms with E-state index in [0.717, 1.165) is 5.56 Å². The minimum absolute atomic E-state index is 0.243. The zero-order chi connectivity index (χ0) is 13.1. The van der Waals surface area contributed by atoms with Gasteiger partial charge in [0.15, 0.2) is 0 Å². The highest BCUT2D eigenvalue weighted by atomic mass is 32.1. The van der Waals surface area contributed by atoms with Crippen molar-refractivity contribution in [1.29, 1.82) is 0 Å². The van der Waals surface area contributed by atoms with Crippen LogP contribution in [-0.4, -0.2) is 35.6 Å². The summed E-state index contributed by atoms with van der Waals surface area (Å²) >= 11 is 1.66. The Morgan fingerprint density at radius 2 is 2.22 bits per heavy atom. The van der Waals surface area contributed by atoms with Gasteiger partial charge in [0.2, 0.25) is 5.91 Å². The molecule has 2 aromatic rings. The van der Waals surface area contributed by atoms with Crippen LogP contribution in [0.5, 0.6) is 0 Å². The molecule has 1 unspecified atom stereocenters. The second-order valence-corrected chi connectivity index (χ2v) is 5.15. The third-order valence-electron chi connectivity index (χ3n) is 2.86. The Morgan fingerprint density at radius 3 is 2.94 bits per heavy atom. The normalized spacial score (nSPS) is 12.6. The molecule has 2 rings (SSSR count). The van der Waals surface area contributed by atoms with Gasteiger partial charge < -0.3 is 15.7 Å². The van der Waals surface area contributed by atoms with Crippen molar-refractivity contribution < 1.29 is 9.90 Å². The first-order chi connectivity index (χ1) is 8.63. The Morgan fingerprint density at radius 1 is 1.50 bits per heavy atom. The zero-order valence-electron chi connectivity index (χ0n) is 10.2. The van der Waals surface area contributed by atoms with Crippen molar-refractivity contribution in [3.8, 4) is 0 Å². The van der Waals surface area contributed by atoms with Crippen LogP contribution in [0.1, 0.15) is 5.56 Å². The van der Waals surface area contributed by atoms with Gasteiger partial charge in [-0.25, -0.2) is 0 Å². The molecule has 0 saturated heterocycles. The summed E-state index contributed by atoms with van der Waals surface area (Å²) in [6.07, 6.45) is 0. The van der Waals surface area contributed by atoms with Gasteiger partial charge in [0, 0.05) is 18.3 Å². The van der Waals surface area contributed by atoms with Crippen LogP contribution in [0.4, 0.5) is 0 Å². The lowest BCUT2D eigenvalue weighted by molar-refractivity contribution is -0.132. The summed E-state index contributed by atoms with van der Waals surface area (Å²) in [6.45, 7) is 0.185. The van der Waals surface area contributed by atoms with Crippen LogP contribution in [0.15, 0.2) is 29.6 Å². The molecule has 3 N–H and O–H groups in total. The van der Waals surface area contributed by atoms with Crippen LogP contribution >= 0.6 is 11.3 Å². The summed E-state index contributed by atoms with van der Waals surface area (Å²) in [5.74, 6) is -0.243. The van der Waals surface area contributed by atoms with Crippen LogP contribution < -0.4 is 5.73 Å². The number of hydrogen-bond donors (Lipinski definition) is 2. The first-order valence-corrected chi connectivity index (χ1v) is 6.58. The Balaban J connectivity index is 2.16. The fourth-order valence-electron chi connectivity index (χ4n) is 1.85. The molecule has 96 valence electrons. The number of likely N-dealkylation sites (N-methyl/N-ethyl adjacent to an activating group) is 1. The van der Waals surface area contributed by atoms with E-state index in [4.69, 9.17) is 10.8 Å². The van der Waals surface area contributed by atoms with Gasteiger partial charge in [0.1, 0.15) is 6.04 Å². The largest absolute Gasteiger partial charge is 0.394 e. The average Bonchev–Trinajstić information content (AvgIpc) is 2.80. The van der Waals surface area contributed by atoms with Crippen molar-refractivity contribution in [1.82, 2.24) is 4.90 Å². The number of benzene rings is 1. The Kier molecular flexibility index (Phi) is 3.96. The van der Waals surface area contributed by atoms with Gasteiger partial charge in [0.05, 0.1) is 6.61 Å². The molecule has 0 saturated carbocycles. The molecule has 1 aromatic heterocycles. The zero-order valence-corrected chi connectivity index (χ0v) is 11.0. The van der Waals surface area contributed by atoms with E-state index < -0.39 is 6.04 Å². The van der Waals surface area contributed by atoms with Crippen molar-refractivity contribution in [2.24, 2.45) is 5.73 Å². The van der Waals surface area contributed by atoms with Crippen LogP contribution in [0.25, 0.3) is 10.1 Å². The lowest BCUT2D eigenvalue weighted by Crippen LogP contribution is -2.43. The van der Waals surface area contributed by atoms with Crippen LogP contribution in [0.2, 0.25) is 0 Å². The number of nitrogens with two attached hydrogens (primary N) is 1. The fourth-order valence-corrected chi connectivity index (χ4v) is 2.80. The molecule has 0 aliphatic heterocycles. The molecular weight excluding hydrogens is 248 g/mol. The maximum atomic E-state index is 11.8. The number of aliphatic hydroxyl groups is 1. The van der Waals surface area contributed by atoms with Crippen molar-refractivity contribution >= 4 is 27.3 Å². The van der Waals surface area contributed by atoms with Crippen molar-refractivity contribution in [2.75, 3.05) is 13.7 Å². The van der Waals surface area contributed by atoms with Gasteiger partial charge in [0.25, 0.3) is 0 Å². The van der Waals surface area contributed by atoms with E-state index in [2.05, 4.69) is 11.4 Å². The van der Waals surface area contributed by atoms with Gasteiger partial charge in [-0.15, -0.1) is 11.3 Å². The molecule has 1 amide bonds. The summed E-state index contributed by atoms with van der Waals surface area (Å²) in [7, 11) is 1.70. The molecule has 5 heteroatoms. The lowest BCUT2D eigenvalue weighted by Gasteiger charge is -2.19. The third-order valence-corrected chi connectivity index (χ3v) is 3.87. The van der Waals surface area contributed by atoms with Gasteiger partial charge in [-0.2, -0.15) is 0 Å². The van der Waals surface area contributed by atoms with Crippen LogP contribution in [0.3, 0.4) is 0 Å². The van der Waals surface area contributed by atoms with E-state index in [0.29, 0.717) is 6.54 Å². The van der Waals surface area contributed by atoms with Gasteiger partial charge in [-0.05, 0) is 22.4 Å². The molecule has 0 aliphatic carbocycles. The van der Waals surface area contributed by atoms with E-state index in [-0.39, 0.29) is 12.5 Å². The highest BCUT2D eigenvalue weighted by molar-refractivity contribution is 7.17. The lowest BCUT2D eigenvalue weighted by atomic mass is 10.1. The molecule has 1 aromatic carbocycles. The molecule has 0 aliphatic rings. The summed E-state index contributed by atoms with van der Waals surface area (Å²) in [5.41, 5.74) is 6.63. The van der Waals surface area contributed by atoms with Gasteiger partial charge >= 0.3 is 0 Å². The van der Waals surface area contributed by atoms with E-state index in [1.807, 2.05) is 18.2 Å². The summed E-state index contributed by atoms with van der Waals surface area (Å²) in [6, 6.07) is 7.26. The number of carbonyl (C=O) groups is 1. The van der Waals surface area contributed by atoms with Crippen molar-refractivity contribution in [2.45, 2.75) is 12.6 Å². The minimum atomic E-state index is -0.833. The second-order valence-electron chi connectivity index (χ2n) is 4.24. The molecule has 4 nitrogen and oxygen atoms in total. The van der Waals surface area contributed by atoms with Gasteiger partial charge in [-0.3, -0.25) is 4.79 Å². The quantitative estimate of drug-likeness (QED) is 0.871. The van der Waals surface area contributed by atoms with E-state index >= 15 is 0 Å². The molecule has 0 radical (unpaired) electrons. The first-order valence-electron chi connectivity index (χ1n) is 5.70. The molecule has 0 fully saturated rings. The third kappa shape index (κ3) is 2.53. The van der Waals surface area contributed by atoms with E-state index in [1.54, 1.807) is 23.3 Å². The van der Waals surface area contributed by atoms with E-state index in [9.17, 15) is 4.79 Å². The Hall–Kier alpha value is -1.43. The topological polar surface area (TPSA) is 66.6 Å².